The highest BCUT2D eigenvalue weighted by Crippen LogP contribution is 2.35. The van der Waals surface area contributed by atoms with Gasteiger partial charge in [0.1, 0.15) is 22.8 Å². The lowest BCUT2D eigenvalue weighted by molar-refractivity contribution is 0.337. The smallest absolute Gasteiger partial charge is 0.134 e. The number of hydrogen-bond donors (Lipinski definition) is 2. The van der Waals surface area contributed by atoms with Gasteiger partial charge in [-0.15, -0.1) is 0 Å². The zero-order valence-corrected chi connectivity index (χ0v) is 12.5. The molecular weight excluding hydrogens is 280 g/mol. The first-order chi connectivity index (χ1) is 10.5. The molecule has 2 N–H and O–H groups in total. The minimum Gasteiger partial charge on any atom is -0.508 e. The van der Waals surface area contributed by atoms with Gasteiger partial charge >= 0.3 is 0 Å². The van der Waals surface area contributed by atoms with E-state index in [1.807, 2.05) is 13.0 Å². The van der Waals surface area contributed by atoms with Crippen LogP contribution in [0.2, 0.25) is 0 Å². The second-order valence-corrected chi connectivity index (χ2v) is 5.53. The lowest BCUT2D eigenvalue weighted by atomic mass is 10.0. The molecular formula is C18H20O4. The fourth-order valence-corrected chi connectivity index (χ4v) is 2.50. The number of furan rings is 1. The van der Waals surface area contributed by atoms with E-state index in [-0.39, 0.29) is 7.18 Å². The zero-order chi connectivity index (χ0) is 15.7. The fourth-order valence-electron chi connectivity index (χ4n) is 2.50. The van der Waals surface area contributed by atoms with Crippen molar-refractivity contribution in [3.63, 3.8) is 0 Å². The van der Waals surface area contributed by atoms with Crippen molar-refractivity contribution in [2.75, 3.05) is 6.61 Å². The van der Waals surface area contributed by atoms with Crippen LogP contribution in [0.5, 0.6) is 17.2 Å². The molecule has 0 saturated carbocycles. The SMILES string of the molecule is CC1COc2ccc(O)cc21.Cc1coc2ccc(O)cc12.[HH]. The molecule has 3 aromatic rings. The molecule has 1 aliphatic heterocycles. The van der Waals surface area contributed by atoms with Gasteiger partial charge in [-0.05, 0) is 48.9 Å². The summed E-state index contributed by atoms with van der Waals surface area (Å²) in [5, 5.41) is 19.3. The van der Waals surface area contributed by atoms with Crippen LogP contribution in [0.25, 0.3) is 11.0 Å². The van der Waals surface area contributed by atoms with E-state index in [0.717, 1.165) is 34.5 Å². The van der Waals surface area contributed by atoms with Crippen LogP contribution >= 0.6 is 0 Å². The molecule has 0 aliphatic carbocycles. The summed E-state index contributed by atoms with van der Waals surface area (Å²) in [6.07, 6.45) is 1.68. The Morgan fingerprint density at radius 3 is 2.64 bits per heavy atom. The summed E-state index contributed by atoms with van der Waals surface area (Å²) in [4.78, 5) is 0. The van der Waals surface area contributed by atoms with E-state index in [0.29, 0.717) is 11.7 Å². The molecule has 0 radical (unpaired) electrons. The summed E-state index contributed by atoms with van der Waals surface area (Å²) in [6, 6.07) is 10.3. The van der Waals surface area contributed by atoms with E-state index in [1.54, 1.807) is 36.6 Å². The molecule has 4 heteroatoms. The third-order valence-corrected chi connectivity index (χ3v) is 3.76. The maximum atomic E-state index is 9.16. The van der Waals surface area contributed by atoms with Gasteiger partial charge in [0.2, 0.25) is 0 Å². The molecule has 1 aliphatic rings. The number of aryl methyl sites for hydroxylation is 1. The topological polar surface area (TPSA) is 62.8 Å². The standard InChI is InChI=1S/C9H10O2.C9H8O2.H2/c2*1-6-5-11-9-3-2-7(10)4-8(6)9;/h2-4,6,10H,5H2,1H3;2-5,10H,1H3;1H. The second kappa shape index (κ2) is 5.64. The van der Waals surface area contributed by atoms with Crippen molar-refractivity contribution < 1.29 is 20.8 Å². The number of hydrogen-bond acceptors (Lipinski definition) is 4. The number of benzene rings is 2. The number of rotatable bonds is 0. The van der Waals surface area contributed by atoms with Gasteiger partial charge < -0.3 is 19.4 Å². The summed E-state index contributed by atoms with van der Waals surface area (Å²) in [7, 11) is 0. The number of fused-ring (bicyclic) bond motifs is 2. The Morgan fingerprint density at radius 1 is 1.09 bits per heavy atom. The van der Waals surface area contributed by atoms with Crippen molar-refractivity contribution in [3.8, 4) is 17.2 Å². The molecule has 4 nitrogen and oxygen atoms in total. The molecule has 2 aromatic carbocycles. The van der Waals surface area contributed by atoms with E-state index in [4.69, 9.17) is 19.4 Å². The van der Waals surface area contributed by atoms with Gasteiger partial charge in [0, 0.05) is 18.3 Å². The molecule has 0 bridgehead atoms. The molecule has 116 valence electrons. The highest BCUT2D eigenvalue weighted by molar-refractivity contribution is 5.82. The first-order valence-corrected chi connectivity index (χ1v) is 7.17. The molecule has 0 fully saturated rings. The van der Waals surface area contributed by atoms with Crippen LogP contribution in [0, 0.1) is 6.92 Å². The maximum Gasteiger partial charge on any atom is 0.134 e. The molecule has 0 spiro atoms. The molecule has 1 aromatic heterocycles. The molecule has 1 unspecified atom stereocenters. The quantitative estimate of drug-likeness (QED) is 0.638. The van der Waals surface area contributed by atoms with Crippen LogP contribution in [-0.2, 0) is 0 Å². The molecule has 4 rings (SSSR count). The molecule has 0 amide bonds. The fraction of sp³-hybridized carbons (Fsp3) is 0.222. The number of phenols is 2. The van der Waals surface area contributed by atoms with Crippen molar-refractivity contribution in [2.24, 2.45) is 0 Å². The van der Waals surface area contributed by atoms with Gasteiger partial charge in [0.15, 0.2) is 0 Å². The van der Waals surface area contributed by atoms with Gasteiger partial charge in [-0.25, -0.2) is 0 Å². The Labute approximate surface area is 130 Å². The second-order valence-electron chi connectivity index (χ2n) is 5.53. The largest absolute Gasteiger partial charge is 0.508 e. The first kappa shape index (κ1) is 14.3. The van der Waals surface area contributed by atoms with Crippen LogP contribution in [-0.4, -0.2) is 16.8 Å². The van der Waals surface area contributed by atoms with Crippen LogP contribution in [0.15, 0.2) is 47.1 Å². The first-order valence-electron chi connectivity index (χ1n) is 7.17. The van der Waals surface area contributed by atoms with Crippen LogP contribution in [0.1, 0.15) is 25.4 Å². The average Bonchev–Trinajstić information content (AvgIpc) is 3.04. The van der Waals surface area contributed by atoms with E-state index in [9.17, 15) is 0 Å². The van der Waals surface area contributed by atoms with E-state index >= 15 is 0 Å². The molecule has 2 heterocycles. The Bertz CT molecular complexity index is 810. The third kappa shape index (κ3) is 2.72. The Hall–Kier alpha value is -2.62. The average molecular weight is 300 g/mol. The van der Waals surface area contributed by atoms with Crippen molar-refractivity contribution in [1.82, 2.24) is 0 Å². The van der Waals surface area contributed by atoms with Crippen molar-refractivity contribution in [2.45, 2.75) is 19.8 Å². The van der Waals surface area contributed by atoms with Gasteiger partial charge in [-0.1, -0.05) is 6.92 Å². The predicted molar refractivity (Wildman–Crippen MR) is 86.7 cm³/mol. The van der Waals surface area contributed by atoms with E-state index in [2.05, 4.69) is 6.92 Å². The lowest BCUT2D eigenvalue weighted by Gasteiger charge is -1.99. The van der Waals surface area contributed by atoms with Crippen molar-refractivity contribution in [3.05, 3.63) is 53.8 Å². The van der Waals surface area contributed by atoms with Gasteiger partial charge in [-0.3, -0.25) is 0 Å². The Balaban J connectivity index is 0.000000160. The predicted octanol–water partition coefficient (Wildman–Crippen LogP) is 4.58. The third-order valence-electron chi connectivity index (χ3n) is 3.76. The number of aromatic hydroxyl groups is 2. The summed E-state index contributed by atoms with van der Waals surface area (Å²) in [6.45, 7) is 4.77. The minimum absolute atomic E-state index is 0. The highest BCUT2D eigenvalue weighted by atomic mass is 16.5. The number of ether oxygens (including phenoxy) is 1. The molecule has 1 atom stereocenters. The summed E-state index contributed by atoms with van der Waals surface area (Å²) < 4.78 is 10.5. The van der Waals surface area contributed by atoms with Crippen LogP contribution in [0.4, 0.5) is 0 Å². The van der Waals surface area contributed by atoms with Crippen LogP contribution in [0.3, 0.4) is 0 Å². The van der Waals surface area contributed by atoms with Gasteiger partial charge in [-0.2, -0.15) is 0 Å². The number of phenolic OH excluding ortho intramolecular Hbond substituents is 2. The summed E-state index contributed by atoms with van der Waals surface area (Å²) in [5.74, 6) is 1.93. The van der Waals surface area contributed by atoms with E-state index in [1.165, 1.54) is 0 Å². The highest BCUT2D eigenvalue weighted by Gasteiger charge is 2.19. The van der Waals surface area contributed by atoms with Gasteiger partial charge in [0.25, 0.3) is 0 Å². The normalized spacial score (nSPS) is 15.8. The Morgan fingerprint density at radius 2 is 1.82 bits per heavy atom. The van der Waals surface area contributed by atoms with Gasteiger partial charge in [0.05, 0.1) is 12.9 Å². The summed E-state index contributed by atoms with van der Waals surface area (Å²) in [5.41, 5.74) is 2.99. The minimum atomic E-state index is 0. The van der Waals surface area contributed by atoms with E-state index < -0.39 is 0 Å². The van der Waals surface area contributed by atoms with Crippen molar-refractivity contribution >= 4 is 11.0 Å². The lowest BCUT2D eigenvalue weighted by Crippen LogP contribution is -1.93. The van der Waals surface area contributed by atoms with Crippen LogP contribution < -0.4 is 4.74 Å². The maximum absolute atomic E-state index is 9.16. The van der Waals surface area contributed by atoms with Crippen molar-refractivity contribution in [1.29, 1.82) is 0 Å². The molecule has 0 saturated heterocycles. The molecule has 22 heavy (non-hydrogen) atoms. The summed E-state index contributed by atoms with van der Waals surface area (Å²) >= 11 is 0. The monoisotopic (exact) mass is 300 g/mol. The zero-order valence-electron chi connectivity index (χ0n) is 12.5. The Kier molecular flexibility index (Phi) is 3.67.